The van der Waals surface area contributed by atoms with Gasteiger partial charge in [0, 0.05) is 12.5 Å². The number of hydrogen-bond donors (Lipinski definition) is 1. The molecule has 1 N–H and O–H groups in total. The van der Waals surface area contributed by atoms with Gasteiger partial charge in [0.15, 0.2) is 0 Å². The van der Waals surface area contributed by atoms with Crippen LogP contribution >= 0.6 is 0 Å². The second-order valence-electron chi connectivity index (χ2n) is 4.98. The Morgan fingerprint density at radius 1 is 1.12 bits per heavy atom. The number of hydrogen-bond acceptors (Lipinski definition) is 6. The quantitative estimate of drug-likeness (QED) is 0.818. The zero-order chi connectivity index (χ0) is 17.7. The number of carbonyl (C=O) groups excluding carboxylic acids is 2. The highest BCUT2D eigenvalue weighted by Gasteiger charge is 2.21. The van der Waals surface area contributed by atoms with E-state index in [-0.39, 0.29) is 23.5 Å². The van der Waals surface area contributed by atoms with Gasteiger partial charge in [0.05, 0.1) is 26.0 Å². The molecular weight excluding hydrogens is 310 g/mol. The van der Waals surface area contributed by atoms with Gasteiger partial charge in [0.2, 0.25) is 29.3 Å². The SMILES string of the molecule is CCc1cccc(C(=O)c2nc(OC)cc(OC)n2)c1NC(C)=O. The van der Waals surface area contributed by atoms with E-state index >= 15 is 0 Å². The molecule has 0 bridgehead atoms. The predicted molar refractivity (Wildman–Crippen MR) is 88.7 cm³/mol. The van der Waals surface area contributed by atoms with Crippen LogP contribution < -0.4 is 14.8 Å². The van der Waals surface area contributed by atoms with Crippen LogP contribution in [-0.4, -0.2) is 35.9 Å². The summed E-state index contributed by atoms with van der Waals surface area (Å²) in [6, 6.07) is 6.72. The minimum atomic E-state index is -0.425. The number of ether oxygens (including phenoxy) is 2. The van der Waals surface area contributed by atoms with Crippen molar-refractivity contribution in [2.75, 3.05) is 19.5 Å². The smallest absolute Gasteiger partial charge is 0.232 e. The molecule has 1 heterocycles. The van der Waals surface area contributed by atoms with Crippen molar-refractivity contribution in [1.29, 1.82) is 0 Å². The van der Waals surface area contributed by atoms with Crippen LogP contribution in [0, 0.1) is 0 Å². The van der Waals surface area contributed by atoms with E-state index in [2.05, 4.69) is 15.3 Å². The van der Waals surface area contributed by atoms with Gasteiger partial charge in [-0.1, -0.05) is 19.1 Å². The summed E-state index contributed by atoms with van der Waals surface area (Å²) in [5.74, 6) is -0.303. The number of rotatable bonds is 6. The van der Waals surface area contributed by atoms with Crippen molar-refractivity contribution in [3.8, 4) is 11.8 Å². The fourth-order valence-corrected chi connectivity index (χ4v) is 2.24. The summed E-state index contributed by atoms with van der Waals surface area (Å²) >= 11 is 0. The van der Waals surface area contributed by atoms with Gasteiger partial charge in [-0.2, -0.15) is 9.97 Å². The molecule has 0 aliphatic carbocycles. The maximum atomic E-state index is 12.9. The Labute approximate surface area is 140 Å². The fourth-order valence-electron chi connectivity index (χ4n) is 2.24. The van der Waals surface area contributed by atoms with Gasteiger partial charge in [0.1, 0.15) is 0 Å². The standard InChI is InChI=1S/C17H19N3O4/c1-5-11-7-6-8-12(15(11)18-10(2)21)16(22)17-19-13(23-3)9-14(20-17)24-4/h6-9H,5H2,1-4H3,(H,18,21). The number of para-hydroxylation sites is 1. The van der Waals surface area contributed by atoms with Crippen LogP contribution in [0.15, 0.2) is 24.3 Å². The zero-order valence-electron chi connectivity index (χ0n) is 14.0. The van der Waals surface area contributed by atoms with Gasteiger partial charge in [-0.3, -0.25) is 9.59 Å². The van der Waals surface area contributed by atoms with Crippen molar-refractivity contribution in [1.82, 2.24) is 9.97 Å². The Morgan fingerprint density at radius 2 is 1.75 bits per heavy atom. The lowest BCUT2D eigenvalue weighted by atomic mass is 10.0. The molecule has 24 heavy (non-hydrogen) atoms. The van der Waals surface area contributed by atoms with Gasteiger partial charge in [-0.15, -0.1) is 0 Å². The number of aryl methyl sites for hydroxylation is 1. The maximum Gasteiger partial charge on any atom is 0.232 e. The summed E-state index contributed by atoms with van der Waals surface area (Å²) in [5, 5.41) is 2.72. The number of anilines is 1. The maximum absolute atomic E-state index is 12.9. The van der Waals surface area contributed by atoms with Crippen molar-refractivity contribution in [3.05, 3.63) is 41.2 Å². The van der Waals surface area contributed by atoms with Crippen molar-refractivity contribution in [2.24, 2.45) is 0 Å². The van der Waals surface area contributed by atoms with Crippen molar-refractivity contribution in [3.63, 3.8) is 0 Å². The van der Waals surface area contributed by atoms with Crippen LogP contribution in [0.3, 0.4) is 0 Å². The molecule has 126 valence electrons. The number of aromatic nitrogens is 2. The summed E-state index contributed by atoms with van der Waals surface area (Å²) in [5.41, 5.74) is 1.65. The lowest BCUT2D eigenvalue weighted by Gasteiger charge is -2.13. The van der Waals surface area contributed by atoms with Crippen LogP contribution in [0.4, 0.5) is 5.69 Å². The summed E-state index contributed by atoms with van der Waals surface area (Å²) < 4.78 is 10.1. The van der Waals surface area contributed by atoms with Crippen LogP contribution in [0.5, 0.6) is 11.8 Å². The molecule has 0 saturated heterocycles. The number of methoxy groups -OCH3 is 2. The normalized spacial score (nSPS) is 10.2. The molecule has 0 fully saturated rings. The minimum Gasteiger partial charge on any atom is -0.481 e. The van der Waals surface area contributed by atoms with E-state index in [9.17, 15) is 9.59 Å². The Bertz CT molecular complexity index is 752. The molecule has 7 heteroatoms. The molecule has 0 saturated carbocycles. The molecule has 2 aromatic rings. The molecule has 2 rings (SSSR count). The third-order valence-electron chi connectivity index (χ3n) is 3.38. The monoisotopic (exact) mass is 329 g/mol. The molecule has 0 atom stereocenters. The first kappa shape index (κ1) is 17.4. The van der Waals surface area contributed by atoms with Gasteiger partial charge in [-0.25, -0.2) is 0 Å². The Hall–Kier alpha value is -2.96. The van der Waals surface area contributed by atoms with Gasteiger partial charge < -0.3 is 14.8 Å². The third kappa shape index (κ3) is 3.68. The van der Waals surface area contributed by atoms with E-state index in [4.69, 9.17) is 9.47 Å². The lowest BCUT2D eigenvalue weighted by molar-refractivity contribution is -0.114. The predicted octanol–water partition coefficient (Wildman–Crippen LogP) is 2.25. The van der Waals surface area contributed by atoms with Crippen LogP contribution in [0.25, 0.3) is 0 Å². The second-order valence-corrected chi connectivity index (χ2v) is 4.98. The average molecular weight is 329 g/mol. The zero-order valence-corrected chi connectivity index (χ0v) is 14.0. The average Bonchev–Trinajstić information content (AvgIpc) is 2.60. The third-order valence-corrected chi connectivity index (χ3v) is 3.38. The van der Waals surface area contributed by atoms with E-state index in [1.165, 1.54) is 27.2 Å². The molecule has 1 aromatic carbocycles. The van der Waals surface area contributed by atoms with Crippen LogP contribution in [-0.2, 0) is 11.2 Å². The molecule has 1 aromatic heterocycles. The highest BCUT2D eigenvalue weighted by Crippen LogP contribution is 2.25. The highest BCUT2D eigenvalue weighted by molar-refractivity contribution is 6.12. The molecule has 0 spiro atoms. The number of nitrogens with one attached hydrogen (secondary N) is 1. The minimum absolute atomic E-state index is 0.0638. The number of carbonyl (C=O) groups is 2. The van der Waals surface area contributed by atoms with Crippen LogP contribution in [0.2, 0.25) is 0 Å². The molecule has 0 radical (unpaired) electrons. The van der Waals surface area contributed by atoms with E-state index in [1.807, 2.05) is 13.0 Å². The molecular formula is C17H19N3O4. The van der Waals surface area contributed by atoms with E-state index in [0.29, 0.717) is 17.7 Å². The first-order chi connectivity index (χ1) is 11.5. The fraction of sp³-hybridized carbons (Fsp3) is 0.294. The number of benzene rings is 1. The number of nitrogens with zero attached hydrogens (tertiary/aromatic N) is 2. The Balaban J connectivity index is 2.55. The summed E-state index contributed by atoms with van der Waals surface area (Å²) in [6.45, 7) is 3.34. The molecule has 0 unspecified atom stereocenters. The largest absolute Gasteiger partial charge is 0.481 e. The Kier molecular flexibility index (Phi) is 5.47. The van der Waals surface area contributed by atoms with Crippen molar-refractivity contribution in [2.45, 2.75) is 20.3 Å². The van der Waals surface area contributed by atoms with Crippen LogP contribution in [0.1, 0.15) is 35.6 Å². The first-order valence-corrected chi connectivity index (χ1v) is 7.41. The topological polar surface area (TPSA) is 90.4 Å². The van der Waals surface area contributed by atoms with E-state index in [1.54, 1.807) is 12.1 Å². The van der Waals surface area contributed by atoms with Crippen molar-refractivity contribution >= 4 is 17.4 Å². The second kappa shape index (κ2) is 7.54. The van der Waals surface area contributed by atoms with Gasteiger partial charge in [0.25, 0.3) is 0 Å². The molecule has 0 aliphatic heterocycles. The van der Waals surface area contributed by atoms with E-state index < -0.39 is 5.78 Å². The summed E-state index contributed by atoms with van der Waals surface area (Å²) in [4.78, 5) is 32.5. The molecule has 7 nitrogen and oxygen atoms in total. The molecule has 0 aliphatic rings. The summed E-state index contributed by atoms with van der Waals surface area (Å²) in [7, 11) is 2.88. The molecule has 1 amide bonds. The van der Waals surface area contributed by atoms with Crippen molar-refractivity contribution < 1.29 is 19.1 Å². The van der Waals surface area contributed by atoms with Gasteiger partial charge >= 0.3 is 0 Å². The lowest BCUT2D eigenvalue weighted by Crippen LogP contribution is -2.15. The number of amides is 1. The highest BCUT2D eigenvalue weighted by atomic mass is 16.5. The van der Waals surface area contributed by atoms with Gasteiger partial charge in [-0.05, 0) is 18.1 Å². The Morgan fingerprint density at radius 3 is 2.25 bits per heavy atom. The first-order valence-electron chi connectivity index (χ1n) is 7.41. The number of ketones is 1. The van der Waals surface area contributed by atoms with E-state index in [0.717, 1.165) is 5.56 Å². The summed E-state index contributed by atoms with van der Waals surface area (Å²) in [6.07, 6.45) is 0.666.